The van der Waals surface area contributed by atoms with Crippen LogP contribution >= 0.6 is 11.8 Å². The van der Waals surface area contributed by atoms with E-state index < -0.39 is 23.7 Å². The first-order valence-electron chi connectivity index (χ1n) is 8.84. The fourth-order valence-corrected chi connectivity index (χ4v) is 3.42. The van der Waals surface area contributed by atoms with Crippen molar-refractivity contribution in [1.29, 1.82) is 0 Å². The summed E-state index contributed by atoms with van der Waals surface area (Å²) in [6.07, 6.45) is 1.58. The monoisotopic (exact) mass is 415 g/mol. The summed E-state index contributed by atoms with van der Waals surface area (Å²) in [5, 5.41) is -0.510. The van der Waals surface area contributed by atoms with Gasteiger partial charge in [0.1, 0.15) is 24.7 Å². The number of hydrogen-bond donors (Lipinski definition) is 0. The molecule has 2 aromatic rings. The van der Waals surface area contributed by atoms with Gasteiger partial charge in [0.05, 0.1) is 11.5 Å². The molecule has 1 saturated heterocycles. The zero-order valence-electron chi connectivity index (χ0n) is 15.6. The topological polar surface area (TPSA) is 72.9 Å². The third-order valence-electron chi connectivity index (χ3n) is 3.94. The zero-order valence-corrected chi connectivity index (χ0v) is 16.4. The predicted octanol–water partition coefficient (Wildman–Crippen LogP) is 4.00. The van der Waals surface area contributed by atoms with Crippen LogP contribution < -0.4 is 4.74 Å². The summed E-state index contributed by atoms with van der Waals surface area (Å²) in [5.41, 5.74) is 1.41. The van der Waals surface area contributed by atoms with Gasteiger partial charge in [0.15, 0.2) is 0 Å². The van der Waals surface area contributed by atoms with E-state index in [2.05, 4.69) is 0 Å². The minimum atomic E-state index is -0.629. The lowest BCUT2D eigenvalue weighted by Gasteiger charge is -2.10. The van der Waals surface area contributed by atoms with Gasteiger partial charge in [-0.05, 0) is 60.2 Å². The van der Waals surface area contributed by atoms with E-state index in [1.807, 2.05) is 0 Å². The normalized spacial score (nSPS) is 15.1. The first-order valence-corrected chi connectivity index (χ1v) is 9.66. The smallest absolute Gasteiger partial charge is 0.326 e. The average molecular weight is 415 g/mol. The summed E-state index contributed by atoms with van der Waals surface area (Å²) in [6, 6.07) is 13.1. The minimum absolute atomic E-state index is 0.179. The number of benzene rings is 2. The van der Waals surface area contributed by atoms with Gasteiger partial charge in [0.25, 0.3) is 11.1 Å². The lowest BCUT2D eigenvalue weighted by molar-refractivity contribution is -0.145. The Morgan fingerprint density at radius 2 is 1.93 bits per heavy atom. The van der Waals surface area contributed by atoms with Crippen LogP contribution in [-0.2, 0) is 20.9 Å². The highest BCUT2D eigenvalue weighted by molar-refractivity contribution is 8.18. The molecule has 29 heavy (non-hydrogen) atoms. The Hall–Kier alpha value is -3.13. The number of thioether (sulfide) groups is 1. The Kier molecular flexibility index (Phi) is 6.66. The number of rotatable bonds is 7. The van der Waals surface area contributed by atoms with Crippen LogP contribution in [0.5, 0.6) is 5.75 Å². The highest BCUT2D eigenvalue weighted by Crippen LogP contribution is 2.32. The average Bonchev–Trinajstić information content (AvgIpc) is 2.95. The van der Waals surface area contributed by atoms with Crippen LogP contribution in [0.25, 0.3) is 6.08 Å². The molecule has 3 rings (SSSR count). The van der Waals surface area contributed by atoms with Gasteiger partial charge < -0.3 is 9.47 Å². The van der Waals surface area contributed by atoms with Gasteiger partial charge in [-0.3, -0.25) is 19.3 Å². The van der Waals surface area contributed by atoms with Crippen molar-refractivity contribution in [1.82, 2.24) is 4.90 Å². The van der Waals surface area contributed by atoms with Crippen LogP contribution in [0.3, 0.4) is 0 Å². The fraction of sp³-hybridized carbons (Fsp3) is 0.190. The molecule has 0 aromatic heterocycles. The fourth-order valence-electron chi connectivity index (χ4n) is 2.58. The minimum Gasteiger partial charge on any atom is -0.489 e. The molecular formula is C21H18FNO5S. The van der Waals surface area contributed by atoms with Crippen molar-refractivity contribution >= 4 is 35.0 Å². The Morgan fingerprint density at radius 3 is 2.62 bits per heavy atom. The van der Waals surface area contributed by atoms with Gasteiger partial charge in [0, 0.05) is 0 Å². The van der Waals surface area contributed by atoms with Crippen LogP contribution in [0.15, 0.2) is 53.4 Å². The molecule has 0 bridgehead atoms. The first-order chi connectivity index (χ1) is 14.0. The third kappa shape index (κ3) is 5.45. The second-order valence-corrected chi connectivity index (χ2v) is 7.05. The van der Waals surface area contributed by atoms with Crippen molar-refractivity contribution in [3.63, 3.8) is 0 Å². The number of amides is 2. The quantitative estimate of drug-likeness (QED) is 0.503. The highest BCUT2D eigenvalue weighted by Gasteiger charge is 2.36. The molecule has 0 aliphatic carbocycles. The second kappa shape index (κ2) is 9.38. The van der Waals surface area contributed by atoms with Crippen molar-refractivity contribution < 1.29 is 28.2 Å². The maximum Gasteiger partial charge on any atom is 0.326 e. The van der Waals surface area contributed by atoms with E-state index in [4.69, 9.17) is 9.47 Å². The molecule has 8 heteroatoms. The Balaban J connectivity index is 1.62. The summed E-state index contributed by atoms with van der Waals surface area (Å²) < 4.78 is 23.6. The number of halogens is 1. The highest BCUT2D eigenvalue weighted by atomic mass is 32.2. The maximum absolute atomic E-state index is 13.2. The largest absolute Gasteiger partial charge is 0.489 e. The molecule has 2 amide bonds. The number of imide groups is 1. The number of nitrogens with zero attached hydrogens (tertiary/aromatic N) is 1. The van der Waals surface area contributed by atoms with Crippen molar-refractivity contribution in [2.45, 2.75) is 13.5 Å². The van der Waals surface area contributed by atoms with E-state index >= 15 is 0 Å². The van der Waals surface area contributed by atoms with Crippen LogP contribution in [0, 0.1) is 5.82 Å². The van der Waals surface area contributed by atoms with E-state index in [-0.39, 0.29) is 23.9 Å². The van der Waals surface area contributed by atoms with Gasteiger partial charge in [-0.1, -0.05) is 24.3 Å². The second-order valence-electron chi connectivity index (χ2n) is 6.06. The molecule has 6 nitrogen and oxygen atoms in total. The van der Waals surface area contributed by atoms with Crippen LogP contribution in [0.4, 0.5) is 9.18 Å². The lowest BCUT2D eigenvalue weighted by Crippen LogP contribution is -2.34. The van der Waals surface area contributed by atoms with Gasteiger partial charge >= 0.3 is 5.97 Å². The van der Waals surface area contributed by atoms with Crippen LogP contribution in [-0.4, -0.2) is 35.2 Å². The summed E-state index contributed by atoms with van der Waals surface area (Å²) in [7, 11) is 0. The number of carbonyl (C=O) groups is 3. The summed E-state index contributed by atoms with van der Waals surface area (Å²) >= 11 is 0.774. The molecule has 0 spiro atoms. The standard InChI is InChI=1S/C21H18FNO5S/c1-2-27-19(24)12-23-20(25)18(29-21(23)26)11-14-6-8-17(9-7-14)28-13-15-4-3-5-16(22)10-15/h3-11H,2,12-13H2,1H3/b18-11+. The first kappa shape index (κ1) is 20.6. The number of hydrogen-bond acceptors (Lipinski definition) is 6. The van der Waals surface area contributed by atoms with E-state index in [1.54, 1.807) is 49.4 Å². The maximum atomic E-state index is 13.2. The third-order valence-corrected chi connectivity index (χ3v) is 4.85. The van der Waals surface area contributed by atoms with E-state index in [1.165, 1.54) is 12.1 Å². The van der Waals surface area contributed by atoms with E-state index in [0.717, 1.165) is 16.7 Å². The molecule has 0 radical (unpaired) electrons. The number of carbonyl (C=O) groups excluding carboxylic acids is 3. The molecule has 0 atom stereocenters. The molecule has 1 aliphatic heterocycles. The summed E-state index contributed by atoms with van der Waals surface area (Å²) in [4.78, 5) is 37.0. The van der Waals surface area contributed by atoms with Crippen molar-refractivity contribution in [3.8, 4) is 5.75 Å². The summed E-state index contributed by atoms with van der Waals surface area (Å²) in [6.45, 7) is 1.65. The Bertz CT molecular complexity index is 958. The molecule has 0 saturated carbocycles. The van der Waals surface area contributed by atoms with Crippen LogP contribution in [0.2, 0.25) is 0 Å². The van der Waals surface area contributed by atoms with Gasteiger partial charge in [-0.2, -0.15) is 0 Å². The van der Waals surface area contributed by atoms with Crippen LogP contribution in [0.1, 0.15) is 18.1 Å². The molecule has 150 valence electrons. The van der Waals surface area contributed by atoms with E-state index in [9.17, 15) is 18.8 Å². The molecule has 0 N–H and O–H groups in total. The predicted molar refractivity (Wildman–Crippen MR) is 106 cm³/mol. The Labute approximate surface area is 171 Å². The zero-order chi connectivity index (χ0) is 20.8. The molecule has 0 unspecified atom stereocenters. The summed E-state index contributed by atoms with van der Waals surface area (Å²) in [5.74, 6) is -0.893. The molecular weight excluding hydrogens is 397 g/mol. The molecule has 1 fully saturated rings. The van der Waals surface area contributed by atoms with Gasteiger partial charge in [-0.15, -0.1) is 0 Å². The number of esters is 1. The van der Waals surface area contributed by atoms with Gasteiger partial charge in [0.2, 0.25) is 0 Å². The van der Waals surface area contributed by atoms with Crippen molar-refractivity contribution in [3.05, 3.63) is 70.4 Å². The number of ether oxygens (including phenoxy) is 2. The molecule has 2 aromatic carbocycles. The van der Waals surface area contributed by atoms with Crippen molar-refractivity contribution in [2.24, 2.45) is 0 Å². The SMILES string of the molecule is CCOC(=O)CN1C(=O)S/C(=C/c2ccc(OCc3cccc(F)c3)cc2)C1=O. The van der Waals surface area contributed by atoms with E-state index in [0.29, 0.717) is 16.9 Å². The lowest BCUT2D eigenvalue weighted by atomic mass is 10.2. The van der Waals surface area contributed by atoms with Crippen molar-refractivity contribution in [2.75, 3.05) is 13.2 Å². The molecule has 1 aliphatic rings. The van der Waals surface area contributed by atoms with Gasteiger partial charge in [-0.25, -0.2) is 4.39 Å². The molecule has 1 heterocycles. The Morgan fingerprint density at radius 1 is 1.17 bits per heavy atom.